The normalized spacial score (nSPS) is 12.8. The second kappa shape index (κ2) is 10.9. The van der Waals surface area contributed by atoms with Gasteiger partial charge in [0, 0.05) is 11.7 Å². The van der Waals surface area contributed by atoms with Crippen molar-refractivity contribution in [1.82, 2.24) is 20.1 Å². The first kappa shape index (κ1) is 22.7. The molecule has 0 spiro atoms. The van der Waals surface area contributed by atoms with Crippen molar-refractivity contribution < 1.29 is 14.3 Å². The number of ether oxygens (including phenoxy) is 2. The fourth-order valence-electron chi connectivity index (χ4n) is 2.92. The van der Waals surface area contributed by atoms with E-state index in [2.05, 4.69) is 15.5 Å². The highest BCUT2D eigenvalue weighted by Gasteiger charge is 2.21. The molecule has 0 radical (unpaired) electrons. The van der Waals surface area contributed by atoms with Gasteiger partial charge in [-0.1, -0.05) is 36.9 Å². The Hall–Kier alpha value is -3.00. The van der Waals surface area contributed by atoms with Gasteiger partial charge in [-0.05, 0) is 56.7 Å². The molecule has 2 aromatic carbocycles. The Kier molecular flexibility index (Phi) is 7.94. The predicted molar refractivity (Wildman–Crippen MR) is 122 cm³/mol. The van der Waals surface area contributed by atoms with Gasteiger partial charge in [0.2, 0.25) is 5.91 Å². The maximum Gasteiger partial charge on any atom is 0.230 e. The summed E-state index contributed by atoms with van der Waals surface area (Å²) >= 11 is 1.36. The lowest BCUT2D eigenvalue weighted by molar-refractivity contribution is -0.119. The topological polar surface area (TPSA) is 78.3 Å². The number of carbonyl (C=O) groups excluding carboxylic acids is 1. The number of amides is 1. The number of para-hydroxylation sites is 1. The number of rotatable bonds is 10. The van der Waals surface area contributed by atoms with Crippen LogP contribution in [0.15, 0.2) is 59.8 Å². The van der Waals surface area contributed by atoms with E-state index in [-0.39, 0.29) is 23.8 Å². The van der Waals surface area contributed by atoms with E-state index in [4.69, 9.17) is 9.47 Å². The van der Waals surface area contributed by atoms with Crippen LogP contribution < -0.4 is 14.8 Å². The molecule has 0 fully saturated rings. The Morgan fingerprint density at radius 2 is 1.74 bits per heavy atom. The van der Waals surface area contributed by atoms with Crippen LogP contribution in [0.2, 0.25) is 0 Å². The number of carbonyl (C=O) groups is 1. The molecule has 0 saturated carbocycles. The van der Waals surface area contributed by atoms with Crippen LogP contribution in [0.4, 0.5) is 0 Å². The number of nitrogens with one attached hydrogen (secondary N) is 1. The summed E-state index contributed by atoms with van der Waals surface area (Å²) in [5.74, 6) is 2.38. The van der Waals surface area contributed by atoms with Crippen molar-refractivity contribution in [1.29, 1.82) is 0 Å². The summed E-state index contributed by atoms with van der Waals surface area (Å²) in [5, 5.41) is 12.4. The van der Waals surface area contributed by atoms with Crippen molar-refractivity contribution in [3.05, 3.63) is 60.4 Å². The highest BCUT2D eigenvalue weighted by atomic mass is 32.2. The Bertz CT molecular complexity index is 976. The highest BCUT2D eigenvalue weighted by molar-refractivity contribution is 7.99. The Morgan fingerprint density at radius 3 is 2.39 bits per heavy atom. The number of nitrogens with zero attached hydrogens (tertiary/aromatic N) is 3. The van der Waals surface area contributed by atoms with Crippen molar-refractivity contribution in [3.8, 4) is 17.2 Å². The van der Waals surface area contributed by atoms with E-state index < -0.39 is 0 Å². The maximum atomic E-state index is 12.2. The smallest absolute Gasteiger partial charge is 0.230 e. The number of methoxy groups -OCH3 is 1. The molecule has 1 aromatic heterocycles. The molecule has 8 heteroatoms. The molecule has 3 aromatic rings. The zero-order chi connectivity index (χ0) is 22.2. The average molecular weight is 441 g/mol. The fourth-order valence-corrected chi connectivity index (χ4v) is 3.69. The number of benzene rings is 2. The van der Waals surface area contributed by atoms with Crippen molar-refractivity contribution in [3.63, 3.8) is 0 Å². The lowest BCUT2D eigenvalue weighted by Gasteiger charge is -2.17. The largest absolute Gasteiger partial charge is 0.497 e. The van der Waals surface area contributed by atoms with Crippen molar-refractivity contribution in [2.24, 2.45) is 0 Å². The highest BCUT2D eigenvalue weighted by Crippen LogP contribution is 2.28. The van der Waals surface area contributed by atoms with E-state index in [0.29, 0.717) is 16.7 Å². The molecule has 1 heterocycles. The second-order valence-electron chi connectivity index (χ2n) is 7.11. The molecule has 2 atom stereocenters. The lowest BCUT2D eigenvalue weighted by atomic mass is 10.3. The zero-order valence-electron chi connectivity index (χ0n) is 18.2. The Morgan fingerprint density at radius 1 is 1.06 bits per heavy atom. The molecule has 0 aliphatic heterocycles. The minimum atomic E-state index is -0.357. The number of aromatic nitrogens is 3. The summed E-state index contributed by atoms with van der Waals surface area (Å²) in [4.78, 5) is 12.2. The fraction of sp³-hybridized carbons (Fsp3) is 0.348. The molecule has 164 valence electrons. The van der Waals surface area contributed by atoms with E-state index in [1.807, 2.05) is 79.9 Å². The molecule has 1 N–H and O–H groups in total. The van der Waals surface area contributed by atoms with Gasteiger partial charge in [0.05, 0.1) is 12.9 Å². The third kappa shape index (κ3) is 6.01. The molecule has 31 heavy (non-hydrogen) atoms. The summed E-state index contributed by atoms with van der Waals surface area (Å²) in [7, 11) is 1.63. The van der Waals surface area contributed by atoms with Crippen LogP contribution in [0.1, 0.15) is 39.1 Å². The predicted octanol–water partition coefficient (Wildman–Crippen LogP) is 4.42. The summed E-state index contributed by atoms with van der Waals surface area (Å²) in [6.07, 6.45) is 0.533. The molecule has 7 nitrogen and oxygen atoms in total. The standard InChI is InChI=1S/C23H28N4O3S/c1-5-16(2)24-21(28)15-31-23-26-25-22(27(23)18-9-7-6-8-10-18)17(3)30-20-13-11-19(29-4)12-14-20/h6-14,16-17H,5,15H2,1-4H3,(H,24,28). The Labute approximate surface area is 187 Å². The van der Waals surface area contributed by atoms with Gasteiger partial charge in [0.25, 0.3) is 0 Å². The van der Waals surface area contributed by atoms with Gasteiger partial charge in [0.15, 0.2) is 17.1 Å². The third-order valence-corrected chi connectivity index (χ3v) is 5.69. The molecule has 0 bridgehead atoms. The molecule has 0 aliphatic carbocycles. The van der Waals surface area contributed by atoms with Crippen LogP contribution in [-0.4, -0.2) is 39.6 Å². The van der Waals surface area contributed by atoms with Crippen LogP contribution >= 0.6 is 11.8 Å². The summed E-state index contributed by atoms with van der Waals surface area (Å²) < 4.78 is 13.2. The van der Waals surface area contributed by atoms with Crippen molar-refractivity contribution in [2.45, 2.75) is 44.5 Å². The third-order valence-electron chi connectivity index (χ3n) is 4.76. The molecule has 0 saturated heterocycles. The molecule has 2 unspecified atom stereocenters. The van der Waals surface area contributed by atoms with Gasteiger partial charge in [0.1, 0.15) is 11.5 Å². The second-order valence-corrected chi connectivity index (χ2v) is 8.06. The van der Waals surface area contributed by atoms with Crippen molar-refractivity contribution >= 4 is 17.7 Å². The molecule has 1 amide bonds. The van der Waals surface area contributed by atoms with E-state index in [9.17, 15) is 4.79 Å². The van der Waals surface area contributed by atoms with Crippen LogP contribution in [0.25, 0.3) is 5.69 Å². The summed E-state index contributed by atoms with van der Waals surface area (Å²) in [6.45, 7) is 5.96. The van der Waals surface area contributed by atoms with Gasteiger partial charge in [-0.2, -0.15) is 0 Å². The average Bonchev–Trinajstić information content (AvgIpc) is 3.23. The first-order valence-electron chi connectivity index (χ1n) is 10.3. The zero-order valence-corrected chi connectivity index (χ0v) is 19.1. The van der Waals surface area contributed by atoms with Crippen LogP contribution in [0.5, 0.6) is 11.5 Å². The van der Waals surface area contributed by atoms with E-state index in [0.717, 1.165) is 17.9 Å². The van der Waals surface area contributed by atoms with Crippen LogP contribution in [0.3, 0.4) is 0 Å². The van der Waals surface area contributed by atoms with Gasteiger partial charge >= 0.3 is 0 Å². The lowest BCUT2D eigenvalue weighted by Crippen LogP contribution is -2.33. The Balaban J connectivity index is 1.81. The summed E-state index contributed by atoms with van der Waals surface area (Å²) in [5.41, 5.74) is 0.914. The molecule has 3 rings (SSSR count). The molecular formula is C23H28N4O3S. The first-order chi connectivity index (χ1) is 15.0. The number of hydrogen-bond donors (Lipinski definition) is 1. The van der Waals surface area contributed by atoms with Gasteiger partial charge in [-0.15, -0.1) is 10.2 Å². The van der Waals surface area contributed by atoms with E-state index in [1.165, 1.54) is 11.8 Å². The van der Waals surface area contributed by atoms with E-state index >= 15 is 0 Å². The van der Waals surface area contributed by atoms with Gasteiger partial charge in [-0.3, -0.25) is 9.36 Å². The van der Waals surface area contributed by atoms with Crippen LogP contribution in [-0.2, 0) is 4.79 Å². The first-order valence-corrected chi connectivity index (χ1v) is 11.2. The maximum absolute atomic E-state index is 12.2. The quantitative estimate of drug-likeness (QED) is 0.470. The monoisotopic (exact) mass is 440 g/mol. The minimum Gasteiger partial charge on any atom is -0.497 e. The van der Waals surface area contributed by atoms with Gasteiger partial charge in [-0.25, -0.2) is 0 Å². The number of hydrogen-bond acceptors (Lipinski definition) is 6. The minimum absolute atomic E-state index is 0.0222. The van der Waals surface area contributed by atoms with Crippen molar-refractivity contribution in [2.75, 3.05) is 12.9 Å². The molecule has 0 aliphatic rings. The van der Waals surface area contributed by atoms with Gasteiger partial charge < -0.3 is 14.8 Å². The number of thioether (sulfide) groups is 1. The van der Waals surface area contributed by atoms with E-state index in [1.54, 1.807) is 7.11 Å². The summed E-state index contributed by atoms with van der Waals surface area (Å²) in [6, 6.07) is 17.4. The SMILES string of the molecule is CCC(C)NC(=O)CSc1nnc(C(C)Oc2ccc(OC)cc2)n1-c1ccccc1. The molecular weight excluding hydrogens is 412 g/mol. The van der Waals surface area contributed by atoms with Crippen LogP contribution in [0, 0.1) is 0 Å².